The minimum Gasteiger partial charge on any atom is -0.454 e. The van der Waals surface area contributed by atoms with Gasteiger partial charge in [0.2, 0.25) is 0 Å². The molecule has 0 atom stereocenters. The number of esters is 1. The van der Waals surface area contributed by atoms with Gasteiger partial charge < -0.3 is 4.74 Å². The van der Waals surface area contributed by atoms with E-state index in [2.05, 4.69) is 15.5 Å². The molecule has 0 fully saturated rings. The van der Waals surface area contributed by atoms with Crippen LogP contribution in [0.3, 0.4) is 0 Å². The molecule has 0 saturated heterocycles. The van der Waals surface area contributed by atoms with Crippen molar-refractivity contribution in [3.05, 3.63) is 39.7 Å². The van der Waals surface area contributed by atoms with Gasteiger partial charge in [0.05, 0.1) is 10.5 Å². The van der Waals surface area contributed by atoms with Crippen LogP contribution >= 0.6 is 0 Å². The molecule has 0 N–H and O–H groups in total. The van der Waals surface area contributed by atoms with E-state index < -0.39 is 31.3 Å². The molecule has 11 nitrogen and oxygen atoms in total. The SMILES string of the molecule is CCCCn1nnnc1COC(=O)c1ccc(S(C)(=O)=O)c([N+](=O)[O-])c1. The van der Waals surface area contributed by atoms with Crippen LogP contribution in [0.15, 0.2) is 23.1 Å². The number of ether oxygens (including phenoxy) is 1. The molecule has 140 valence electrons. The average Bonchev–Trinajstić information content (AvgIpc) is 3.03. The van der Waals surface area contributed by atoms with Crippen LogP contribution in [-0.4, -0.2) is 45.8 Å². The van der Waals surface area contributed by atoms with Gasteiger partial charge in [-0.05, 0) is 29.0 Å². The highest BCUT2D eigenvalue weighted by atomic mass is 32.2. The first kappa shape index (κ1) is 19.4. The molecule has 12 heteroatoms. The summed E-state index contributed by atoms with van der Waals surface area (Å²) in [6.07, 6.45) is 2.64. The number of aryl methyl sites for hydroxylation is 1. The van der Waals surface area contributed by atoms with Gasteiger partial charge in [-0.25, -0.2) is 17.9 Å². The van der Waals surface area contributed by atoms with Crippen LogP contribution in [0.25, 0.3) is 0 Å². The first-order valence-electron chi connectivity index (χ1n) is 7.64. The summed E-state index contributed by atoms with van der Waals surface area (Å²) in [6, 6.07) is 3.04. The Kier molecular flexibility index (Phi) is 5.97. The van der Waals surface area contributed by atoms with E-state index in [9.17, 15) is 23.3 Å². The minimum atomic E-state index is -3.81. The van der Waals surface area contributed by atoms with Crippen molar-refractivity contribution in [2.75, 3.05) is 6.26 Å². The Morgan fingerprint density at radius 3 is 2.73 bits per heavy atom. The van der Waals surface area contributed by atoms with Crippen molar-refractivity contribution in [2.45, 2.75) is 37.8 Å². The third-order valence-corrected chi connectivity index (χ3v) is 4.60. The summed E-state index contributed by atoms with van der Waals surface area (Å²) >= 11 is 0. The standard InChI is InChI=1S/C14H17N5O6S/c1-3-4-7-18-13(15-16-17-18)9-25-14(20)10-5-6-12(26(2,23)24)11(8-10)19(21)22/h5-6,8H,3-4,7,9H2,1-2H3. The molecule has 1 aromatic carbocycles. The molecule has 2 aromatic rings. The highest BCUT2D eigenvalue weighted by Crippen LogP contribution is 2.25. The lowest BCUT2D eigenvalue weighted by Gasteiger charge is -2.07. The fourth-order valence-corrected chi connectivity index (χ4v) is 2.95. The maximum Gasteiger partial charge on any atom is 0.338 e. The first-order valence-corrected chi connectivity index (χ1v) is 9.53. The maximum atomic E-state index is 12.1. The zero-order chi connectivity index (χ0) is 19.3. The highest BCUT2D eigenvalue weighted by molar-refractivity contribution is 7.90. The molecule has 0 unspecified atom stereocenters. The number of nitro benzene ring substituents is 1. The number of unbranched alkanes of at least 4 members (excludes halogenated alkanes) is 1. The summed E-state index contributed by atoms with van der Waals surface area (Å²) < 4.78 is 29.8. The summed E-state index contributed by atoms with van der Waals surface area (Å²) in [7, 11) is -3.81. The second-order valence-electron chi connectivity index (χ2n) is 5.46. The molecule has 0 spiro atoms. The van der Waals surface area contributed by atoms with Crippen LogP contribution in [0.5, 0.6) is 0 Å². The Hall–Kier alpha value is -2.89. The number of hydrogen-bond donors (Lipinski definition) is 0. The Labute approximate surface area is 149 Å². The molecule has 0 amide bonds. The van der Waals surface area contributed by atoms with Crippen molar-refractivity contribution in [1.29, 1.82) is 0 Å². The van der Waals surface area contributed by atoms with Crippen molar-refractivity contribution in [3.8, 4) is 0 Å². The van der Waals surface area contributed by atoms with Crippen molar-refractivity contribution < 1.29 is 22.9 Å². The van der Waals surface area contributed by atoms with Crippen LogP contribution < -0.4 is 0 Å². The van der Waals surface area contributed by atoms with E-state index in [4.69, 9.17) is 4.74 Å². The molecule has 0 saturated carbocycles. The van der Waals surface area contributed by atoms with Gasteiger partial charge in [-0.1, -0.05) is 13.3 Å². The number of sulfone groups is 1. The maximum absolute atomic E-state index is 12.1. The number of aromatic nitrogens is 4. The summed E-state index contributed by atoms with van der Waals surface area (Å²) in [6.45, 7) is 2.37. The molecule has 26 heavy (non-hydrogen) atoms. The van der Waals surface area contributed by atoms with Crippen molar-refractivity contribution in [2.24, 2.45) is 0 Å². The van der Waals surface area contributed by atoms with Gasteiger partial charge in [-0.3, -0.25) is 10.1 Å². The second-order valence-corrected chi connectivity index (χ2v) is 7.44. The molecule has 0 radical (unpaired) electrons. The lowest BCUT2D eigenvalue weighted by molar-refractivity contribution is -0.387. The average molecular weight is 383 g/mol. The summed E-state index contributed by atoms with van der Waals surface area (Å²) in [5.41, 5.74) is -0.827. The van der Waals surface area contributed by atoms with E-state index in [-0.39, 0.29) is 12.2 Å². The topological polar surface area (TPSA) is 147 Å². The van der Waals surface area contributed by atoms with E-state index >= 15 is 0 Å². The number of benzene rings is 1. The summed E-state index contributed by atoms with van der Waals surface area (Å²) in [5, 5.41) is 22.2. The zero-order valence-corrected chi connectivity index (χ0v) is 15.0. The highest BCUT2D eigenvalue weighted by Gasteiger charge is 2.24. The predicted molar refractivity (Wildman–Crippen MR) is 88.1 cm³/mol. The number of nitrogens with zero attached hydrogens (tertiary/aromatic N) is 5. The molecular formula is C14H17N5O6S. The third kappa shape index (κ3) is 4.59. The van der Waals surface area contributed by atoms with Gasteiger partial charge in [0.1, 0.15) is 4.90 Å². The molecule has 1 heterocycles. The first-order chi connectivity index (χ1) is 12.2. The van der Waals surface area contributed by atoms with Crippen LogP contribution in [-0.2, 0) is 27.7 Å². The van der Waals surface area contributed by atoms with Gasteiger partial charge in [0.25, 0.3) is 5.69 Å². The number of carbonyl (C=O) groups is 1. The Morgan fingerprint density at radius 1 is 1.38 bits per heavy atom. The Morgan fingerprint density at radius 2 is 2.12 bits per heavy atom. The summed E-state index contributed by atoms with van der Waals surface area (Å²) in [4.78, 5) is 21.9. The smallest absolute Gasteiger partial charge is 0.338 e. The normalized spacial score (nSPS) is 11.3. The van der Waals surface area contributed by atoms with Gasteiger partial charge in [-0.2, -0.15) is 0 Å². The van der Waals surface area contributed by atoms with Crippen LogP contribution in [0.4, 0.5) is 5.69 Å². The van der Waals surface area contributed by atoms with E-state index in [1.165, 1.54) is 4.68 Å². The van der Waals surface area contributed by atoms with Gasteiger partial charge >= 0.3 is 5.97 Å². The number of hydrogen-bond acceptors (Lipinski definition) is 9. The van der Waals surface area contributed by atoms with Gasteiger partial charge in [0.15, 0.2) is 22.3 Å². The number of tetrazole rings is 1. The number of carbonyl (C=O) groups excluding carboxylic acids is 1. The Bertz CT molecular complexity index is 924. The van der Waals surface area contributed by atoms with E-state index in [0.717, 1.165) is 37.3 Å². The molecule has 0 aliphatic heterocycles. The molecular weight excluding hydrogens is 366 g/mol. The Balaban J connectivity index is 2.17. The molecule has 2 rings (SSSR count). The van der Waals surface area contributed by atoms with E-state index in [0.29, 0.717) is 12.4 Å². The van der Waals surface area contributed by atoms with Crippen LogP contribution in [0.2, 0.25) is 0 Å². The van der Waals surface area contributed by atoms with Crippen LogP contribution in [0.1, 0.15) is 35.9 Å². The molecule has 0 aliphatic carbocycles. The van der Waals surface area contributed by atoms with Crippen molar-refractivity contribution in [3.63, 3.8) is 0 Å². The fraction of sp³-hybridized carbons (Fsp3) is 0.429. The monoisotopic (exact) mass is 383 g/mol. The number of rotatable bonds is 8. The predicted octanol–water partition coefficient (Wildman–Crippen LogP) is 1.14. The zero-order valence-electron chi connectivity index (χ0n) is 14.2. The fourth-order valence-electron chi connectivity index (χ4n) is 2.12. The van der Waals surface area contributed by atoms with E-state index in [1.807, 2.05) is 6.92 Å². The minimum absolute atomic E-state index is 0.142. The largest absolute Gasteiger partial charge is 0.454 e. The van der Waals surface area contributed by atoms with Gasteiger partial charge in [-0.15, -0.1) is 5.10 Å². The second kappa shape index (κ2) is 7.99. The van der Waals surface area contributed by atoms with E-state index in [1.54, 1.807) is 0 Å². The number of nitro groups is 1. The lowest BCUT2D eigenvalue weighted by Crippen LogP contribution is -2.12. The molecule has 1 aromatic heterocycles. The van der Waals surface area contributed by atoms with Gasteiger partial charge in [0, 0.05) is 18.9 Å². The third-order valence-electron chi connectivity index (χ3n) is 3.45. The molecule has 0 bridgehead atoms. The van der Waals surface area contributed by atoms with Crippen LogP contribution in [0, 0.1) is 10.1 Å². The van der Waals surface area contributed by atoms with Crippen molar-refractivity contribution in [1.82, 2.24) is 20.2 Å². The quantitative estimate of drug-likeness (QED) is 0.372. The lowest BCUT2D eigenvalue weighted by atomic mass is 10.2. The summed E-state index contributed by atoms with van der Waals surface area (Å²) in [5.74, 6) is -0.507. The molecule has 0 aliphatic rings. The van der Waals surface area contributed by atoms with Crippen molar-refractivity contribution >= 4 is 21.5 Å².